The Balaban J connectivity index is 1.83. The molecule has 2 heterocycles. The highest BCUT2D eigenvalue weighted by atomic mass is 35.5. The van der Waals surface area contributed by atoms with Crippen LogP contribution >= 0.6 is 23.4 Å². The molecule has 0 aliphatic carbocycles. The van der Waals surface area contributed by atoms with Crippen LogP contribution in [-0.2, 0) is 4.79 Å². The first-order chi connectivity index (χ1) is 11.2. The van der Waals surface area contributed by atoms with E-state index in [0.717, 1.165) is 29.1 Å². The van der Waals surface area contributed by atoms with E-state index in [0.29, 0.717) is 11.4 Å². The zero-order valence-electron chi connectivity index (χ0n) is 12.4. The molecule has 0 aromatic heterocycles. The van der Waals surface area contributed by atoms with E-state index in [2.05, 4.69) is 18.2 Å². The van der Waals surface area contributed by atoms with Gasteiger partial charge in [0.2, 0.25) is 5.91 Å². The van der Waals surface area contributed by atoms with Crippen LogP contribution in [0.1, 0.15) is 18.4 Å². The minimum absolute atomic E-state index is 0.0328. The number of rotatable bonds is 1. The maximum atomic E-state index is 12.6. The lowest BCUT2D eigenvalue weighted by Gasteiger charge is -2.28. The highest BCUT2D eigenvalue weighted by Gasteiger charge is 2.33. The molecule has 0 spiro atoms. The zero-order valence-corrected chi connectivity index (χ0v) is 14.0. The van der Waals surface area contributed by atoms with Crippen molar-refractivity contribution in [2.24, 2.45) is 11.0 Å². The molecule has 0 fully saturated rings. The molecular weight excluding hydrogens is 328 g/mol. The molecule has 5 heteroatoms. The van der Waals surface area contributed by atoms with Gasteiger partial charge in [0.25, 0.3) is 0 Å². The number of nitrogens with zero attached hydrogens (tertiary/aromatic N) is 2. The van der Waals surface area contributed by atoms with Crippen LogP contribution in [0.3, 0.4) is 0 Å². The molecule has 23 heavy (non-hydrogen) atoms. The maximum absolute atomic E-state index is 12.6. The SMILES string of the molecule is O=C1CC2CCSc3ccccc3C2=NN1c1cccc(Cl)c1. The van der Waals surface area contributed by atoms with Crippen molar-refractivity contribution in [3.63, 3.8) is 0 Å². The Morgan fingerprint density at radius 3 is 2.91 bits per heavy atom. The smallest absolute Gasteiger partial charge is 0.248 e. The number of hydrogen-bond donors (Lipinski definition) is 0. The van der Waals surface area contributed by atoms with Gasteiger partial charge in [0, 0.05) is 27.8 Å². The first-order valence-electron chi connectivity index (χ1n) is 7.61. The minimum Gasteiger partial charge on any atom is -0.273 e. The molecule has 0 bridgehead atoms. The highest BCUT2D eigenvalue weighted by Crippen LogP contribution is 2.36. The maximum Gasteiger partial charge on any atom is 0.248 e. The monoisotopic (exact) mass is 342 g/mol. The number of hydrogen-bond acceptors (Lipinski definition) is 3. The number of hydrazone groups is 1. The molecular formula is C18H15ClN2OS. The topological polar surface area (TPSA) is 32.7 Å². The number of amides is 1. The van der Waals surface area contributed by atoms with Crippen molar-refractivity contribution in [3.05, 3.63) is 59.1 Å². The second kappa shape index (κ2) is 6.02. The molecule has 2 aromatic rings. The lowest BCUT2D eigenvalue weighted by Crippen LogP contribution is -2.37. The summed E-state index contributed by atoms with van der Waals surface area (Å²) in [5.41, 5.74) is 2.90. The molecule has 2 aliphatic heterocycles. The van der Waals surface area contributed by atoms with Gasteiger partial charge < -0.3 is 0 Å². The normalized spacial score (nSPS) is 20.4. The van der Waals surface area contributed by atoms with Gasteiger partial charge in [0.1, 0.15) is 0 Å². The molecule has 3 nitrogen and oxygen atoms in total. The van der Waals surface area contributed by atoms with Crippen LogP contribution in [0.2, 0.25) is 5.02 Å². The predicted molar refractivity (Wildman–Crippen MR) is 95.4 cm³/mol. The van der Waals surface area contributed by atoms with Crippen LogP contribution in [0, 0.1) is 5.92 Å². The third-order valence-corrected chi connectivity index (χ3v) is 5.53. The van der Waals surface area contributed by atoms with Crippen molar-refractivity contribution in [2.45, 2.75) is 17.7 Å². The van der Waals surface area contributed by atoms with Crippen molar-refractivity contribution >= 4 is 40.7 Å². The molecule has 0 saturated carbocycles. The van der Waals surface area contributed by atoms with Crippen molar-refractivity contribution in [1.82, 2.24) is 0 Å². The summed E-state index contributed by atoms with van der Waals surface area (Å²) in [4.78, 5) is 13.8. The molecule has 2 aromatic carbocycles. The fourth-order valence-electron chi connectivity index (χ4n) is 3.08. The van der Waals surface area contributed by atoms with E-state index < -0.39 is 0 Å². The summed E-state index contributed by atoms with van der Waals surface area (Å²) in [5.74, 6) is 1.25. The van der Waals surface area contributed by atoms with E-state index in [9.17, 15) is 4.79 Å². The molecule has 0 N–H and O–H groups in total. The van der Waals surface area contributed by atoms with Gasteiger partial charge in [-0.05, 0) is 36.4 Å². The number of anilines is 1. The second-order valence-corrected chi connectivity index (χ2v) is 7.28. The van der Waals surface area contributed by atoms with Gasteiger partial charge in [-0.15, -0.1) is 11.8 Å². The number of thioether (sulfide) groups is 1. The second-order valence-electron chi connectivity index (χ2n) is 5.70. The van der Waals surface area contributed by atoms with Gasteiger partial charge in [-0.25, -0.2) is 5.01 Å². The van der Waals surface area contributed by atoms with Crippen molar-refractivity contribution in [2.75, 3.05) is 10.8 Å². The molecule has 1 atom stereocenters. The van der Waals surface area contributed by atoms with Crippen molar-refractivity contribution in [3.8, 4) is 0 Å². The number of fused-ring (bicyclic) bond motifs is 3. The Morgan fingerprint density at radius 2 is 2.04 bits per heavy atom. The quantitative estimate of drug-likeness (QED) is 0.759. The van der Waals surface area contributed by atoms with Crippen molar-refractivity contribution in [1.29, 1.82) is 0 Å². The van der Waals surface area contributed by atoms with E-state index in [1.807, 2.05) is 30.0 Å². The van der Waals surface area contributed by atoms with E-state index in [-0.39, 0.29) is 11.8 Å². The summed E-state index contributed by atoms with van der Waals surface area (Å²) in [7, 11) is 0. The van der Waals surface area contributed by atoms with E-state index in [1.165, 1.54) is 9.90 Å². The van der Waals surface area contributed by atoms with Crippen LogP contribution in [0.4, 0.5) is 5.69 Å². The third kappa shape index (κ3) is 2.77. The Morgan fingerprint density at radius 1 is 1.17 bits per heavy atom. The Kier molecular flexibility index (Phi) is 3.87. The number of halogens is 1. The first-order valence-corrected chi connectivity index (χ1v) is 8.98. The number of carbonyl (C=O) groups is 1. The van der Waals surface area contributed by atoms with Gasteiger partial charge in [0.05, 0.1) is 11.4 Å². The van der Waals surface area contributed by atoms with Gasteiger partial charge in [-0.1, -0.05) is 35.9 Å². The van der Waals surface area contributed by atoms with Gasteiger partial charge >= 0.3 is 0 Å². The summed E-state index contributed by atoms with van der Waals surface area (Å²) in [6.45, 7) is 0. The molecule has 0 radical (unpaired) electrons. The Bertz CT molecular complexity index is 805. The summed E-state index contributed by atoms with van der Waals surface area (Å²) < 4.78 is 0. The standard InChI is InChI=1S/C18H15ClN2OS/c19-13-4-3-5-14(11-13)21-17(22)10-12-8-9-23-16-7-2-1-6-15(16)18(12)20-21/h1-7,11-12H,8-10H2. The largest absolute Gasteiger partial charge is 0.273 e. The summed E-state index contributed by atoms with van der Waals surface area (Å²) in [6, 6.07) is 15.6. The fraction of sp³-hybridized carbons (Fsp3) is 0.222. The van der Waals surface area contributed by atoms with Crippen LogP contribution in [0.15, 0.2) is 58.5 Å². The summed E-state index contributed by atoms with van der Waals surface area (Å²) in [6.07, 6.45) is 1.48. The average Bonchev–Trinajstić information content (AvgIpc) is 2.73. The summed E-state index contributed by atoms with van der Waals surface area (Å²) in [5, 5.41) is 6.84. The molecule has 1 unspecified atom stereocenters. The zero-order chi connectivity index (χ0) is 15.8. The molecule has 2 aliphatic rings. The van der Waals surface area contributed by atoms with Crippen LogP contribution in [-0.4, -0.2) is 17.4 Å². The van der Waals surface area contributed by atoms with E-state index in [1.54, 1.807) is 12.1 Å². The van der Waals surface area contributed by atoms with Gasteiger partial charge in [-0.3, -0.25) is 4.79 Å². The minimum atomic E-state index is 0.0328. The van der Waals surface area contributed by atoms with Crippen molar-refractivity contribution < 1.29 is 4.79 Å². The molecule has 116 valence electrons. The number of benzene rings is 2. The Hall–Kier alpha value is -1.78. The molecule has 0 saturated heterocycles. The fourth-order valence-corrected chi connectivity index (χ4v) is 4.39. The first kappa shape index (κ1) is 14.8. The average molecular weight is 343 g/mol. The van der Waals surface area contributed by atoms with E-state index >= 15 is 0 Å². The molecule has 4 rings (SSSR count). The molecule has 1 amide bonds. The van der Waals surface area contributed by atoms with Gasteiger partial charge in [0.15, 0.2) is 0 Å². The number of carbonyl (C=O) groups excluding carboxylic acids is 1. The highest BCUT2D eigenvalue weighted by molar-refractivity contribution is 7.99. The van der Waals surface area contributed by atoms with Crippen LogP contribution in [0.25, 0.3) is 0 Å². The third-order valence-electron chi connectivity index (χ3n) is 4.19. The van der Waals surface area contributed by atoms with E-state index in [4.69, 9.17) is 16.7 Å². The lowest BCUT2D eigenvalue weighted by molar-refractivity contribution is -0.119. The lowest BCUT2D eigenvalue weighted by atomic mass is 9.90. The summed E-state index contributed by atoms with van der Waals surface area (Å²) >= 11 is 7.91. The predicted octanol–water partition coefficient (Wildman–Crippen LogP) is 4.59. The Labute approximate surface area is 144 Å². The van der Waals surface area contributed by atoms with Gasteiger partial charge in [-0.2, -0.15) is 5.10 Å². The van der Waals surface area contributed by atoms with Crippen LogP contribution < -0.4 is 5.01 Å². The van der Waals surface area contributed by atoms with Crippen LogP contribution in [0.5, 0.6) is 0 Å².